The van der Waals surface area contributed by atoms with Gasteiger partial charge in [0.2, 0.25) is 5.91 Å². The van der Waals surface area contributed by atoms with Crippen molar-refractivity contribution in [2.45, 2.75) is 24.7 Å². The van der Waals surface area contributed by atoms with E-state index in [-0.39, 0.29) is 17.9 Å². The Morgan fingerprint density at radius 1 is 1.30 bits per heavy atom. The van der Waals surface area contributed by atoms with Crippen LogP contribution in [0.4, 0.5) is 5.69 Å². The summed E-state index contributed by atoms with van der Waals surface area (Å²) < 4.78 is 5.15. The van der Waals surface area contributed by atoms with E-state index in [1.807, 2.05) is 24.3 Å². The minimum Gasteiger partial charge on any atom is -0.399 e. The van der Waals surface area contributed by atoms with Gasteiger partial charge in [0, 0.05) is 18.8 Å². The normalized spacial score (nSPS) is 15.8. The van der Waals surface area contributed by atoms with Gasteiger partial charge in [-0.25, -0.2) is 0 Å². The maximum Gasteiger partial charge on any atom is 0.230 e. The van der Waals surface area contributed by atoms with Gasteiger partial charge in [0.25, 0.3) is 0 Å². The highest BCUT2D eigenvalue weighted by Gasteiger charge is 2.50. The molecule has 0 bridgehead atoms. The topological polar surface area (TPSA) is 84.6 Å². The molecule has 0 radical (unpaired) electrons. The molecule has 1 aliphatic carbocycles. The number of carbonyl (C=O) groups is 1. The summed E-state index contributed by atoms with van der Waals surface area (Å²) in [6.45, 7) is 1.53. The first kappa shape index (κ1) is 14.8. The van der Waals surface area contributed by atoms with E-state index >= 15 is 0 Å². The average Bonchev–Trinajstić information content (AvgIpc) is 3.25. The SMILES string of the molecule is Nc1ccc(C2(C(=O)NCCCOCCO)CC2)cc1. The smallest absolute Gasteiger partial charge is 0.230 e. The van der Waals surface area contributed by atoms with Crippen molar-refractivity contribution in [3.8, 4) is 0 Å². The number of ether oxygens (including phenoxy) is 1. The molecule has 1 amide bonds. The fourth-order valence-electron chi connectivity index (χ4n) is 2.29. The van der Waals surface area contributed by atoms with Gasteiger partial charge in [0.15, 0.2) is 0 Å². The molecule has 20 heavy (non-hydrogen) atoms. The maximum absolute atomic E-state index is 12.3. The Morgan fingerprint density at radius 2 is 2.00 bits per heavy atom. The summed E-state index contributed by atoms with van der Waals surface area (Å²) in [5.74, 6) is 0.0874. The van der Waals surface area contributed by atoms with E-state index < -0.39 is 0 Å². The summed E-state index contributed by atoms with van der Waals surface area (Å²) in [6, 6.07) is 7.55. The number of anilines is 1. The van der Waals surface area contributed by atoms with E-state index in [9.17, 15) is 4.79 Å². The van der Waals surface area contributed by atoms with E-state index in [2.05, 4.69) is 5.32 Å². The van der Waals surface area contributed by atoms with Crippen molar-refractivity contribution in [2.75, 3.05) is 32.1 Å². The molecule has 5 nitrogen and oxygen atoms in total. The molecule has 0 spiro atoms. The van der Waals surface area contributed by atoms with E-state index in [1.165, 1.54) is 0 Å². The number of benzene rings is 1. The first-order chi connectivity index (χ1) is 9.69. The van der Waals surface area contributed by atoms with Crippen molar-refractivity contribution >= 4 is 11.6 Å². The number of nitrogen functional groups attached to an aromatic ring is 1. The fraction of sp³-hybridized carbons (Fsp3) is 0.533. The monoisotopic (exact) mass is 278 g/mol. The molecule has 1 saturated carbocycles. The molecule has 0 unspecified atom stereocenters. The first-order valence-electron chi connectivity index (χ1n) is 7.02. The van der Waals surface area contributed by atoms with Crippen LogP contribution in [0.3, 0.4) is 0 Å². The Bertz CT molecular complexity index is 441. The standard InChI is InChI=1S/C15H22N2O3/c16-13-4-2-12(3-5-13)15(6-7-15)14(19)17-8-1-10-20-11-9-18/h2-5,18H,1,6-11,16H2,(H,17,19). The van der Waals surface area contributed by atoms with Crippen LogP contribution in [0.5, 0.6) is 0 Å². The summed E-state index contributed by atoms with van der Waals surface area (Å²) in [7, 11) is 0. The molecule has 5 heteroatoms. The Hall–Kier alpha value is -1.59. The molecule has 1 fully saturated rings. The second-order valence-electron chi connectivity index (χ2n) is 5.15. The lowest BCUT2D eigenvalue weighted by Gasteiger charge is -2.16. The molecule has 1 aromatic rings. The molecule has 0 aromatic heterocycles. The summed E-state index contributed by atoms with van der Waals surface area (Å²) in [4.78, 5) is 12.3. The lowest BCUT2D eigenvalue weighted by Crippen LogP contribution is -2.35. The zero-order valence-electron chi connectivity index (χ0n) is 11.6. The zero-order valence-corrected chi connectivity index (χ0v) is 11.6. The third kappa shape index (κ3) is 3.49. The van der Waals surface area contributed by atoms with Gasteiger partial charge in [0.1, 0.15) is 0 Å². The van der Waals surface area contributed by atoms with Gasteiger partial charge < -0.3 is 20.9 Å². The van der Waals surface area contributed by atoms with Crippen LogP contribution < -0.4 is 11.1 Å². The predicted molar refractivity (Wildman–Crippen MR) is 77.3 cm³/mol. The molecule has 2 rings (SSSR count). The minimum atomic E-state index is -0.348. The van der Waals surface area contributed by atoms with Gasteiger partial charge in [-0.05, 0) is 37.0 Å². The van der Waals surface area contributed by atoms with Crippen LogP contribution in [0.1, 0.15) is 24.8 Å². The van der Waals surface area contributed by atoms with Crippen molar-refractivity contribution in [1.82, 2.24) is 5.32 Å². The average molecular weight is 278 g/mol. The lowest BCUT2D eigenvalue weighted by atomic mass is 9.95. The van der Waals surface area contributed by atoms with E-state index in [0.29, 0.717) is 25.4 Å². The molecular formula is C15H22N2O3. The molecule has 0 aliphatic heterocycles. The van der Waals surface area contributed by atoms with Crippen LogP contribution >= 0.6 is 0 Å². The second-order valence-corrected chi connectivity index (χ2v) is 5.15. The minimum absolute atomic E-state index is 0.0343. The number of aliphatic hydroxyl groups is 1. The summed E-state index contributed by atoms with van der Waals surface area (Å²) in [6.07, 6.45) is 2.54. The largest absolute Gasteiger partial charge is 0.399 e. The quantitative estimate of drug-likeness (QED) is 0.485. The van der Waals surface area contributed by atoms with Gasteiger partial charge in [0.05, 0.1) is 18.6 Å². The Morgan fingerprint density at radius 3 is 2.60 bits per heavy atom. The van der Waals surface area contributed by atoms with Gasteiger partial charge in [-0.1, -0.05) is 12.1 Å². The molecular weight excluding hydrogens is 256 g/mol. The number of hydrogen-bond acceptors (Lipinski definition) is 4. The van der Waals surface area contributed by atoms with Gasteiger partial charge in [-0.3, -0.25) is 4.79 Å². The number of nitrogens with one attached hydrogen (secondary N) is 1. The van der Waals surface area contributed by atoms with E-state index in [1.54, 1.807) is 0 Å². The molecule has 1 aromatic carbocycles. The second kappa shape index (κ2) is 6.72. The number of carbonyl (C=O) groups excluding carboxylic acids is 1. The van der Waals surface area contributed by atoms with Crippen LogP contribution in [0.2, 0.25) is 0 Å². The third-order valence-electron chi connectivity index (χ3n) is 3.63. The van der Waals surface area contributed by atoms with Crippen molar-refractivity contribution in [3.05, 3.63) is 29.8 Å². The summed E-state index contributed by atoms with van der Waals surface area (Å²) >= 11 is 0. The van der Waals surface area contributed by atoms with Crippen molar-refractivity contribution in [3.63, 3.8) is 0 Å². The van der Waals surface area contributed by atoms with Crippen molar-refractivity contribution < 1.29 is 14.6 Å². The zero-order chi connectivity index (χ0) is 14.4. The highest BCUT2D eigenvalue weighted by atomic mass is 16.5. The van der Waals surface area contributed by atoms with Crippen LogP contribution in [-0.4, -0.2) is 37.4 Å². The maximum atomic E-state index is 12.3. The summed E-state index contributed by atoms with van der Waals surface area (Å²) in [5, 5.41) is 11.5. The van der Waals surface area contributed by atoms with Gasteiger partial charge in [-0.2, -0.15) is 0 Å². The Balaban J connectivity index is 1.78. The highest BCUT2D eigenvalue weighted by Crippen LogP contribution is 2.48. The number of amides is 1. The number of rotatable bonds is 8. The molecule has 1 aliphatic rings. The number of hydrogen-bond donors (Lipinski definition) is 3. The molecule has 0 heterocycles. The van der Waals surface area contributed by atoms with Crippen LogP contribution in [-0.2, 0) is 14.9 Å². The Labute approximate surface area is 119 Å². The van der Waals surface area contributed by atoms with Crippen LogP contribution in [0.15, 0.2) is 24.3 Å². The molecule has 110 valence electrons. The summed E-state index contributed by atoms with van der Waals surface area (Å²) in [5.41, 5.74) is 7.08. The Kier molecular flexibility index (Phi) is 4.98. The van der Waals surface area contributed by atoms with Crippen molar-refractivity contribution in [1.29, 1.82) is 0 Å². The third-order valence-corrected chi connectivity index (χ3v) is 3.63. The van der Waals surface area contributed by atoms with Gasteiger partial charge >= 0.3 is 0 Å². The number of nitrogens with two attached hydrogens (primary N) is 1. The van der Waals surface area contributed by atoms with E-state index in [0.717, 1.165) is 24.8 Å². The van der Waals surface area contributed by atoms with Crippen LogP contribution in [0, 0.1) is 0 Å². The molecule has 4 N–H and O–H groups in total. The molecule has 0 atom stereocenters. The van der Waals surface area contributed by atoms with Gasteiger partial charge in [-0.15, -0.1) is 0 Å². The predicted octanol–water partition coefficient (Wildman–Crippen LogP) is 0.816. The van der Waals surface area contributed by atoms with Crippen molar-refractivity contribution in [2.24, 2.45) is 0 Å². The fourth-order valence-corrected chi connectivity index (χ4v) is 2.29. The molecule has 0 saturated heterocycles. The lowest BCUT2D eigenvalue weighted by molar-refractivity contribution is -0.123. The number of aliphatic hydroxyl groups excluding tert-OH is 1. The van der Waals surface area contributed by atoms with E-state index in [4.69, 9.17) is 15.6 Å². The first-order valence-corrected chi connectivity index (χ1v) is 7.02. The van der Waals surface area contributed by atoms with Crippen LogP contribution in [0.25, 0.3) is 0 Å². The highest BCUT2D eigenvalue weighted by molar-refractivity contribution is 5.91.